The van der Waals surface area contributed by atoms with Crippen LogP contribution in [0, 0.1) is 5.82 Å². The lowest BCUT2D eigenvalue weighted by Crippen LogP contribution is -2.26. The monoisotopic (exact) mass is 301 g/mol. The minimum atomic E-state index is -0.861. The van der Waals surface area contributed by atoms with Crippen molar-refractivity contribution in [1.82, 2.24) is 5.32 Å². The number of amides is 1. The van der Waals surface area contributed by atoms with Gasteiger partial charge in [0.2, 0.25) is 5.91 Å². The quantitative estimate of drug-likeness (QED) is 0.759. The zero-order valence-electron chi connectivity index (χ0n) is 11.2. The molecule has 0 aliphatic carbocycles. The lowest BCUT2D eigenvalue weighted by molar-refractivity contribution is -0.137. The molecule has 4 nitrogen and oxygen atoms in total. The van der Waals surface area contributed by atoms with Gasteiger partial charge in [-0.25, -0.2) is 4.39 Å². The number of halogens is 2. The van der Waals surface area contributed by atoms with Gasteiger partial charge in [0, 0.05) is 12.8 Å². The molecule has 0 fully saturated rings. The van der Waals surface area contributed by atoms with Crippen molar-refractivity contribution >= 4 is 23.5 Å². The third kappa shape index (κ3) is 5.57. The van der Waals surface area contributed by atoms with Gasteiger partial charge < -0.3 is 10.4 Å². The van der Waals surface area contributed by atoms with Crippen LogP contribution < -0.4 is 5.32 Å². The number of nitrogens with one attached hydrogen (secondary N) is 1. The molecule has 1 amide bonds. The highest BCUT2D eigenvalue weighted by molar-refractivity contribution is 6.30. The number of aliphatic carboxylic acids is 1. The smallest absolute Gasteiger partial charge is 0.303 e. The van der Waals surface area contributed by atoms with Gasteiger partial charge in [-0.05, 0) is 37.5 Å². The van der Waals surface area contributed by atoms with Crippen molar-refractivity contribution in [1.29, 1.82) is 0 Å². The molecule has 20 heavy (non-hydrogen) atoms. The number of benzene rings is 1. The Morgan fingerprint density at radius 2 is 2.00 bits per heavy atom. The summed E-state index contributed by atoms with van der Waals surface area (Å²) in [5.74, 6) is -1.52. The fraction of sp³-hybridized carbons (Fsp3) is 0.429. The second-order valence-electron chi connectivity index (χ2n) is 4.56. The van der Waals surface area contributed by atoms with Gasteiger partial charge in [-0.1, -0.05) is 17.7 Å². The van der Waals surface area contributed by atoms with E-state index in [1.165, 1.54) is 12.1 Å². The molecule has 0 aliphatic heterocycles. The number of carbonyl (C=O) groups excluding carboxylic acids is 1. The van der Waals surface area contributed by atoms with Crippen LogP contribution in [0.4, 0.5) is 4.39 Å². The molecule has 0 aliphatic rings. The number of hydrogen-bond acceptors (Lipinski definition) is 2. The summed E-state index contributed by atoms with van der Waals surface area (Å²) in [6.07, 6.45) is 1.33. The van der Waals surface area contributed by atoms with E-state index >= 15 is 0 Å². The summed E-state index contributed by atoms with van der Waals surface area (Å²) in [5, 5.41) is 11.3. The summed E-state index contributed by atoms with van der Waals surface area (Å²) in [4.78, 5) is 22.0. The zero-order chi connectivity index (χ0) is 15.1. The van der Waals surface area contributed by atoms with Crippen LogP contribution in [0.3, 0.4) is 0 Å². The lowest BCUT2D eigenvalue weighted by Gasteiger charge is -2.14. The second kappa shape index (κ2) is 7.85. The number of carboxylic acids is 1. The first-order chi connectivity index (χ1) is 9.40. The predicted molar refractivity (Wildman–Crippen MR) is 74.1 cm³/mol. The predicted octanol–water partition coefficient (Wildman–Crippen LogP) is 3.30. The van der Waals surface area contributed by atoms with E-state index in [0.717, 1.165) is 5.56 Å². The van der Waals surface area contributed by atoms with E-state index in [9.17, 15) is 14.0 Å². The molecular weight excluding hydrogens is 285 g/mol. The maximum Gasteiger partial charge on any atom is 0.303 e. The molecule has 0 bridgehead atoms. The van der Waals surface area contributed by atoms with Crippen LogP contribution in [0.5, 0.6) is 0 Å². The van der Waals surface area contributed by atoms with Crippen molar-refractivity contribution in [2.24, 2.45) is 0 Å². The average molecular weight is 302 g/mol. The molecule has 1 rings (SSSR count). The number of carboxylic acid groups (broad SMARTS) is 1. The number of rotatable bonds is 7. The fourth-order valence-corrected chi connectivity index (χ4v) is 1.93. The minimum Gasteiger partial charge on any atom is -0.481 e. The van der Waals surface area contributed by atoms with Crippen LogP contribution in [0.2, 0.25) is 5.02 Å². The number of hydrogen-bond donors (Lipinski definition) is 2. The Morgan fingerprint density at radius 1 is 1.35 bits per heavy atom. The van der Waals surface area contributed by atoms with E-state index in [-0.39, 0.29) is 29.8 Å². The second-order valence-corrected chi connectivity index (χ2v) is 4.97. The van der Waals surface area contributed by atoms with Gasteiger partial charge in [0.1, 0.15) is 5.82 Å². The first kappa shape index (κ1) is 16.4. The topological polar surface area (TPSA) is 66.4 Å². The largest absolute Gasteiger partial charge is 0.481 e. The Morgan fingerprint density at radius 3 is 2.60 bits per heavy atom. The molecule has 2 N–H and O–H groups in total. The number of carbonyl (C=O) groups is 2. The molecule has 1 atom stereocenters. The molecule has 0 saturated carbocycles. The van der Waals surface area contributed by atoms with Crippen LogP contribution in [0.15, 0.2) is 18.2 Å². The SMILES string of the molecule is CC(NC(=O)CCCCC(=O)O)c1ccc(F)c(Cl)c1. The highest BCUT2D eigenvalue weighted by atomic mass is 35.5. The van der Waals surface area contributed by atoms with Crippen LogP contribution in [0.25, 0.3) is 0 Å². The summed E-state index contributed by atoms with van der Waals surface area (Å²) in [7, 11) is 0. The molecule has 0 heterocycles. The Bertz CT molecular complexity index is 493. The Hall–Kier alpha value is -1.62. The van der Waals surface area contributed by atoms with Crippen LogP contribution in [-0.4, -0.2) is 17.0 Å². The Labute approximate surface area is 121 Å². The first-order valence-corrected chi connectivity index (χ1v) is 6.74. The van der Waals surface area contributed by atoms with Crippen LogP contribution in [-0.2, 0) is 9.59 Å². The average Bonchev–Trinajstić information content (AvgIpc) is 2.37. The molecule has 0 aromatic heterocycles. The minimum absolute atomic E-state index is 0.0186. The third-order valence-corrected chi connectivity index (χ3v) is 3.16. The Balaban J connectivity index is 2.41. The van der Waals surface area contributed by atoms with E-state index in [4.69, 9.17) is 16.7 Å². The molecule has 1 aromatic rings. The highest BCUT2D eigenvalue weighted by Gasteiger charge is 2.11. The normalized spacial score (nSPS) is 11.9. The molecule has 0 radical (unpaired) electrons. The van der Waals surface area contributed by atoms with Crippen LogP contribution >= 0.6 is 11.6 Å². The van der Waals surface area contributed by atoms with E-state index < -0.39 is 11.8 Å². The Kier molecular flexibility index (Phi) is 6.45. The summed E-state index contributed by atoms with van der Waals surface area (Å²) in [5.41, 5.74) is 0.718. The van der Waals surface area contributed by atoms with Crippen molar-refractivity contribution in [3.8, 4) is 0 Å². The van der Waals surface area contributed by atoms with Crippen molar-refractivity contribution in [2.75, 3.05) is 0 Å². The van der Waals surface area contributed by atoms with E-state index in [1.807, 2.05) is 0 Å². The third-order valence-electron chi connectivity index (χ3n) is 2.87. The van der Waals surface area contributed by atoms with Gasteiger partial charge in [-0.2, -0.15) is 0 Å². The van der Waals surface area contributed by atoms with Gasteiger partial charge >= 0.3 is 5.97 Å². The lowest BCUT2D eigenvalue weighted by atomic mass is 10.1. The van der Waals surface area contributed by atoms with Gasteiger partial charge in [0.25, 0.3) is 0 Å². The van der Waals surface area contributed by atoms with E-state index in [0.29, 0.717) is 12.8 Å². The van der Waals surface area contributed by atoms with Gasteiger partial charge in [0.15, 0.2) is 0 Å². The zero-order valence-corrected chi connectivity index (χ0v) is 11.9. The maximum atomic E-state index is 13.0. The molecule has 1 aromatic carbocycles. The summed E-state index contributed by atoms with van der Waals surface area (Å²) in [6.45, 7) is 1.78. The van der Waals surface area contributed by atoms with E-state index in [1.54, 1.807) is 13.0 Å². The highest BCUT2D eigenvalue weighted by Crippen LogP contribution is 2.20. The molecule has 1 unspecified atom stereocenters. The standard InChI is InChI=1S/C14H17ClFNO3/c1-9(10-6-7-12(16)11(15)8-10)17-13(18)4-2-3-5-14(19)20/h6-9H,2-5H2,1H3,(H,17,18)(H,19,20). The molecule has 0 saturated heterocycles. The maximum absolute atomic E-state index is 13.0. The molecule has 0 spiro atoms. The van der Waals surface area contributed by atoms with E-state index in [2.05, 4.69) is 5.32 Å². The van der Waals surface area contributed by atoms with Gasteiger partial charge in [-0.15, -0.1) is 0 Å². The molecule has 6 heteroatoms. The van der Waals surface area contributed by atoms with Gasteiger partial charge in [0.05, 0.1) is 11.1 Å². The van der Waals surface area contributed by atoms with Gasteiger partial charge in [-0.3, -0.25) is 9.59 Å². The molecule has 110 valence electrons. The van der Waals surface area contributed by atoms with Crippen molar-refractivity contribution in [3.63, 3.8) is 0 Å². The molecular formula is C14H17ClFNO3. The van der Waals surface area contributed by atoms with Crippen molar-refractivity contribution < 1.29 is 19.1 Å². The number of unbranched alkanes of at least 4 members (excludes halogenated alkanes) is 1. The fourth-order valence-electron chi connectivity index (χ4n) is 1.74. The summed E-state index contributed by atoms with van der Waals surface area (Å²) >= 11 is 5.68. The summed E-state index contributed by atoms with van der Waals surface area (Å²) < 4.78 is 13.0. The van der Waals surface area contributed by atoms with Crippen LogP contribution in [0.1, 0.15) is 44.2 Å². The summed E-state index contributed by atoms with van der Waals surface area (Å²) in [6, 6.07) is 4.02. The van der Waals surface area contributed by atoms with Crippen molar-refractivity contribution in [2.45, 2.75) is 38.6 Å². The van der Waals surface area contributed by atoms with Crippen molar-refractivity contribution in [3.05, 3.63) is 34.6 Å². The first-order valence-electron chi connectivity index (χ1n) is 6.36.